The van der Waals surface area contributed by atoms with Gasteiger partial charge >= 0.3 is 0 Å². The highest BCUT2D eigenvalue weighted by molar-refractivity contribution is 4.79. The van der Waals surface area contributed by atoms with Crippen molar-refractivity contribution >= 4 is 0 Å². The highest BCUT2D eigenvalue weighted by atomic mass is 16.3. The third-order valence-corrected chi connectivity index (χ3v) is 3.92. The molecule has 1 unspecified atom stereocenters. The summed E-state index contributed by atoms with van der Waals surface area (Å²) in [4.78, 5) is 4.93. The number of hydrogen-bond donors (Lipinski definition) is 1. The molecule has 0 aliphatic carbocycles. The first-order chi connectivity index (χ1) is 8.17. The minimum absolute atomic E-state index is 0.297. The standard InChI is InChI=1S/C14H30N2O/c1-4-5-13(2)12-16(10-11-17)14-6-8-15(3)9-7-14/h13-14,17H,4-12H2,1-3H3. The van der Waals surface area contributed by atoms with E-state index in [0.717, 1.165) is 19.0 Å². The van der Waals surface area contributed by atoms with Gasteiger partial charge in [0.15, 0.2) is 0 Å². The van der Waals surface area contributed by atoms with Crippen LogP contribution >= 0.6 is 0 Å². The Morgan fingerprint density at radius 1 is 1.35 bits per heavy atom. The first-order valence-corrected chi connectivity index (χ1v) is 7.20. The van der Waals surface area contributed by atoms with Gasteiger partial charge in [-0.1, -0.05) is 20.3 Å². The van der Waals surface area contributed by atoms with Crippen molar-refractivity contribution in [2.75, 3.05) is 39.8 Å². The molecule has 1 N–H and O–H groups in total. The molecular formula is C14H30N2O. The predicted molar refractivity (Wildman–Crippen MR) is 73.2 cm³/mol. The van der Waals surface area contributed by atoms with Crippen molar-refractivity contribution in [2.24, 2.45) is 5.92 Å². The lowest BCUT2D eigenvalue weighted by molar-refractivity contribution is 0.0867. The molecule has 1 rings (SSSR count). The predicted octanol–water partition coefficient (Wildman–Crippen LogP) is 1.81. The van der Waals surface area contributed by atoms with E-state index in [1.165, 1.54) is 38.8 Å². The lowest BCUT2D eigenvalue weighted by atomic mass is 10.00. The third kappa shape index (κ3) is 5.36. The molecule has 1 aliphatic rings. The molecule has 0 amide bonds. The molecule has 0 radical (unpaired) electrons. The molecule has 0 spiro atoms. The summed E-state index contributed by atoms with van der Waals surface area (Å²) in [6, 6.07) is 0.692. The molecule has 3 heteroatoms. The molecule has 0 aromatic carbocycles. The molecule has 0 saturated carbocycles. The van der Waals surface area contributed by atoms with E-state index in [4.69, 9.17) is 0 Å². The molecule has 1 aliphatic heterocycles. The number of piperidine rings is 1. The minimum Gasteiger partial charge on any atom is -0.395 e. The van der Waals surface area contributed by atoms with Crippen LogP contribution in [0.15, 0.2) is 0 Å². The van der Waals surface area contributed by atoms with Gasteiger partial charge in [0, 0.05) is 19.1 Å². The Labute approximate surface area is 107 Å². The van der Waals surface area contributed by atoms with Gasteiger partial charge in [-0.15, -0.1) is 0 Å². The minimum atomic E-state index is 0.297. The van der Waals surface area contributed by atoms with E-state index in [-0.39, 0.29) is 0 Å². The SMILES string of the molecule is CCCC(C)CN(CCO)C1CCN(C)CC1. The summed E-state index contributed by atoms with van der Waals surface area (Å²) >= 11 is 0. The average molecular weight is 242 g/mol. The molecule has 0 aromatic rings. The molecular weight excluding hydrogens is 212 g/mol. The first kappa shape index (κ1) is 14.9. The molecule has 0 bridgehead atoms. The topological polar surface area (TPSA) is 26.7 Å². The van der Waals surface area contributed by atoms with Crippen molar-refractivity contribution in [3.8, 4) is 0 Å². The van der Waals surface area contributed by atoms with Crippen molar-refractivity contribution in [1.82, 2.24) is 9.80 Å². The second kappa shape index (κ2) is 8.06. The second-order valence-electron chi connectivity index (χ2n) is 5.65. The summed E-state index contributed by atoms with van der Waals surface area (Å²) in [7, 11) is 2.20. The van der Waals surface area contributed by atoms with Crippen LogP contribution in [0.1, 0.15) is 39.5 Å². The van der Waals surface area contributed by atoms with Gasteiger partial charge in [0.2, 0.25) is 0 Å². The van der Waals surface area contributed by atoms with Crippen LogP contribution in [0.2, 0.25) is 0 Å². The summed E-state index contributed by atoms with van der Waals surface area (Å²) in [6.45, 7) is 9.30. The van der Waals surface area contributed by atoms with Crippen LogP contribution in [0.25, 0.3) is 0 Å². The van der Waals surface area contributed by atoms with Gasteiger partial charge in [-0.25, -0.2) is 0 Å². The maximum atomic E-state index is 9.21. The maximum absolute atomic E-state index is 9.21. The fourth-order valence-electron chi connectivity index (χ4n) is 2.90. The molecule has 3 nitrogen and oxygen atoms in total. The van der Waals surface area contributed by atoms with Gasteiger partial charge in [-0.2, -0.15) is 0 Å². The van der Waals surface area contributed by atoms with Crippen LogP contribution in [0.4, 0.5) is 0 Å². The fourth-order valence-corrected chi connectivity index (χ4v) is 2.90. The third-order valence-electron chi connectivity index (χ3n) is 3.92. The Morgan fingerprint density at radius 2 is 2.00 bits per heavy atom. The second-order valence-corrected chi connectivity index (χ2v) is 5.65. The van der Waals surface area contributed by atoms with E-state index in [9.17, 15) is 5.11 Å². The van der Waals surface area contributed by atoms with Crippen molar-refractivity contribution in [3.63, 3.8) is 0 Å². The van der Waals surface area contributed by atoms with E-state index in [1.54, 1.807) is 0 Å². The lowest BCUT2D eigenvalue weighted by Gasteiger charge is -2.38. The average Bonchev–Trinajstić information content (AvgIpc) is 2.30. The Kier molecular flexibility index (Phi) is 7.09. The van der Waals surface area contributed by atoms with E-state index >= 15 is 0 Å². The smallest absolute Gasteiger partial charge is 0.0558 e. The molecule has 17 heavy (non-hydrogen) atoms. The summed E-state index contributed by atoms with van der Waals surface area (Å²) in [5.74, 6) is 0.756. The highest BCUT2D eigenvalue weighted by Gasteiger charge is 2.23. The zero-order chi connectivity index (χ0) is 12.7. The molecule has 1 saturated heterocycles. The maximum Gasteiger partial charge on any atom is 0.0558 e. The van der Waals surface area contributed by atoms with Crippen LogP contribution < -0.4 is 0 Å². The number of nitrogens with zero attached hydrogens (tertiary/aromatic N) is 2. The molecule has 1 atom stereocenters. The van der Waals surface area contributed by atoms with E-state index < -0.39 is 0 Å². The quantitative estimate of drug-likeness (QED) is 0.737. The van der Waals surface area contributed by atoms with Crippen LogP contribution in [0.3, 0.4) is 0 Å². The first-order valence-electron chi connectivity index (χ1n) is 7.20. The molecule has 1 fully saturated rings. The van der Waals surface area contributed by atoms with Gasteiger partial charge in [-0.3, -0.25) is 4.90 Å². The number of rotatable bonds is 7. The van der Waals surface area contributed by atoms with Gasteiger partial charge in [0.25, 0.3) is 0 Å². The van der Waals surface area contributed by atoms with Gasteiger partial charge in [0.05, 0.1) is 6.61 Å². The van der Waals surface area contributed by atoms with Crippen molar-refractivity contribution in [3.05, 3.63) is 0 Å². The Bertz CT molecular complexity index is 191. The van der Waals surface area contributed by atoms with E-state index in [2.05, 4.69) is 30.7 Å². The van der Waals surface area contributed by atoms with Crippen LogP contribution in [0.5, 0.6) is 0 Å². The zero-order valence-corrected chi connectivity index (χ0v) is 11.9. The zero-order valence-electron chi connectivity index (χ0n) is 11.9. The van der Waals surface area contributed by atoms with Crippen molar-refractivity contribution in [1.29, 1.82) is 0 Å². The van der Waals surface area contributed by atoms with E-state index in [0.29, 0.717) is 12.6 Å². The lowest BCUT2D eigenvalue weighted by Crippen LogP contribution is -2.46. The largest absolute Gasteiger partial charge is 0.395 e. The van der Waals surface area contributed by atoms with Gasteiger partial charge in [-0.05, 0) is 45.3 Å². The van der Waals surface area contributed by atoms with Gasteiger partial charge in [0.1, 0.15) is 0 Å². The normalized spacial score (nSPS) is 21.0. The number of aliphatic hydroxyl groups is 1. The van der Waals surface area contributed by atoms with Crippen molar-refractivity contribution < 1.29 is 5.11 Å². The fraction of sp³-hybridized carbons (Fsp3) is 1.00. The van der Waals surface area contributed by atoms with Crippen LogP contribution in [-0.2, 0) is 0 Å². The van der Waals surface area contributed by atoms with Crippen LogP contribution in [0, 0.1) is 5.92 Å². The number of aliphatic hydroxyl groups excluding tert-OH is 1. The Balaban J connectivity index is 2.41. The highest BCUT2D eigenvalue weighted by Crippen LogP contribution is 2.18. The number of hydrogen-bond acceptors (Lipinski definition) is 3. The Hall–Kier alpha value is -0.120. The summed E-state index contributed by atoms with van der Waals surface area (Å²) < 4.78 is 0. The summed E-state index contributed by atoms with van der Waals surface area (Å²) in [6.07, 6.45) is 5.08. The van der Waals surface area contributed by atoms with Gasteiger partial charge < -0.3 is 10.0 Å². The monoisotopic (exact) mass is 242 g/mol. The van der Waals surface area contributed by atoms with Crippen LogP contribution in [-0.4, -0.2) is 60.8 Å². The summed E-state index contributed by atoms with van der Waals surface area (Å²) in [5, 5.41) is 9.21. The van der Waals surface area contributed by atoms with Crippen molar-refractivity contribution in [2.45, 2.75) is 45.6 Å². The number of likely N-dealkylation sites (tertiary alicyclic amines) is 1. The molecule has 102 valence electrons. The Morgan fingerprint density at radius 3 is 2.53 bits per heavy atom. The molecule has 1 heterocycles. The van der Waals surface area contributed by atoms with E-state index in [1.807, 2.05) is 0 Å². The summed E-state index contributed by atoms with van der Waals surface area (Å²) in [5.41, 5.74) is 0. The molecule has 0 aromatic heterocycles.